The number of benzene rings is 1. The van der Waals surface area contributed by atoms with Gasteiger partial charge in [-0.2, -0.15) is 13.2 Å². The highest BCUT2D eigenvalue weighted by atomic mass is 19.4. The van der Waals surface area contributed by atoms with Crippen molar-refractivity contribution >= 4 is 23.0 Å². The van der Waals surface area contributed by atoms with Gasteiger partial charge >= 0.3 is 6.18 Å². The fourth-order valence-corrected chi connectivity index (χ4v) is 3.65. The van der Waals surface area contributed by atoms with Crippen molar-refractivity contribution < 1.29 is 22.7 Å². The molecule has 0 atom stereocenters. The van der Waals surface area contributed by atoms with Gasteiger partial charge in [-0.25, -0.2) is 4.98 Å². The predicted octanol–water partition coefficient (Wildman–Crippen LogP) is 3.58. The molecule has 0 saturated carbocycles. The van der Waals surface area contributed by atoms with E-state index in [9.17, 15) is 18.0 Å². The number of hydrogen-bond donors (Lipinski definition) is 3. The molecule has 1 aromatic carbocycles. The monoisotopic (exact) mass is 484 g/mol. The zero-order chi connectivity index (χ0) is 25.0. The maximum atomic E-state index is 12.7. The first-order valence-corrected chi connectivity index (χ1v) is 10.8. The second kappa shape index (κ2) is 10.2. The molecule has 0 radical (unpaired) electrons. The largest absolute Gasteiger partial charge is 0.433 e. The number of nitrogens with one attached hydrogen (secondary N) is 2. The topological polar surface area (TPSA) is 117 Å². The molecular weight excluding hydrogens is 461 g/mol. The number of ether oxygens (including phenoxy) is 1. The lowest BCUT2D eigenvalue weighted by atomic mass is 9.99. The van der Waals surface area contributed by atoms with E-state index in [1.165, 1.54) is 0 Å². The van der Waals surface area contributed by atoms with Gasteiger partial charge in [-0.15, -0.1) is 0 Å². The van der Waals surface area contributed by atoms with Crippen LogP contribution in [0.4, 0.5) is 24.5 Å². The number of carbonyl (C=O) groups excluding carboxylic acids is 1. The zero-order valence-corrected chi connectivity index (χ0v) is 18.6. The summed E-state index contributed by atoms with van der Waals surface area (Å²) in [5, 5.41) is 10.7. The average Bonchev–Trinajstić information content (AvgIpc) is 2.84. The molecule has 0 spiro atoms. The van der Waals surface area contributed by atoms with Crippen molar-refractivity contribution in [3.8, 4) is 11.1 Å². The molecule has 0 unspecified atom stereocenters. The number of nitrogen functional groups attached to an aromatic ring is 1. The molecule has 4 rings (SSSR count). The number of nitrogens with two attached hydrogens (primary N) is 1. The third-order valence-corrected chi connectivity index (χ3v) is 5.50. The van der Waals surface area contributed by atoms with E-state index < -0.39 is 23.5 Å². The smallest absolute Gasteiger partial charge is 0.398 e. The van der Waals surface area contributed by atoms with E-state index in [2.05, 4.69) is 20.2 Å². The lowest BCUT2D eigenvalue weighted by Gasteiger charge is -2.26. The van der Waals surface area contributed by atoms with Gasteiger partial charge in [0.05, 0.1) is 25.1 Å². The zero-order valence-electron chi connectivity index (χ0n) is 18.6. The van der Waals surface area contributed by atoms with Crippen LogP contribution in [0.5, 0.6) is 0 Å². The van der Waals surface area contributed by atoms with Gasteiger partial charge in [-0.05, 0) is 41.5 Å². The quantitative estimate of drug-likeness (QED) is 0.364. The van der Waals surface area contributed by atoms with Gasteiger partial charge in [0.1, 0.15) is 11.4 Å². The normalized spacial score (nSPS) is 14.5. The third kappa shape index (κ3) is 6.00. The van der Waals surface area contributed by atoms with Crippen LogP contribution in [0.25, 0.3) is 11.1 Å². The van der Waals surface area contributed by atoms with Crippen LogP contribution in [-0.4, -0.2) is 52.8 Å². The summed E-state index contributed by atoms with van der Waals surface area (Å²) < 4.78 is 43.4. The number of hydrogen-bond acceptors (Lipinski definition) is 7. The van der Waals surface area contributed by atoms with E-state index in [-0.39, 0.29) is 16.9 Å². The van der Waals surface area contributed by atoms with Gasteiger partial charge in [0.15, 0.2) is 0 Å². The highest BCUT2D eigenvalue weighted by Crippen LogP contribution is 2.28. The first-order valence-electron chi connectivity index (χ1n) is 10.8. The van der Waals surface area contributed by atoms with Gasteiger partial charge < -0.3 is 15.8 Å². The van der Waals surface area contributed by atoms with Gasteiger partial charge in [0.25, 0.3) is 5.91 Å². The number of carbonyl (C=O) groups is 1. The van der Waals surface area contributed by atoms with Crippen molar-refractivity contribution in [2.45, 2.75) is 12.7 Å². The Morgan fingerprint density at radius 1 is 1.09 bits per heavy atom. The molecule has 11 heteroatoms. The van der Waals surface area contributed by atoms with Crippen LogP contribution in [0.15, 0.2) is 55.0 Å². The molecule has 0 aliphatic carbocycles. The summed E-state index contributed by atoms with van der Waals surface area (Å²) in [6, 6.07) is 8.82. The molecule has 8 nitrogen and oxygen atoms in total. The summed E-state index contributed by atoms with van der Waals surface area (Å²) in [5.74, 6) is -0.824. The molecule has 1 fully saturated rings. The Bertz CT molecular complexity index is 1220. The Balaban J connectivity index is 1.50. The molecule has 3 aromatic rings. The molecule has 3 heterocycles. The molecular formula is C24H23F3N6O2. The van der Waals surface area contributed by atoms with Crippen LogP contribution >= 0.6 is 0 Å². The molecule has 4 N–H and O–H groups in total. The number of anilines is 2. The molecule has 0 bridgehead atoms. The Labute approximate surface area is 199 Å². The van der Waals surface area contributed by atoms with E-state index in [1.54, 1.807) is 30.6 Å². The van der Waals surface area contributed by atoms with Crippen molar-refractivity contribution in [3.63, 3.8) is 0 Å². The van der Waals surface area contributed by atoms with Crippen LogP contribution in [0.3, 0.4) is 0 Å². The van der Waals surface area contributed by atoms with Gasteiger partial charge in [0.2, 0.25) is 0 Å². The van der Waals surface area contributed by atoms with E-state index in [0.717, 1.165) is 54.7 Å². The fourth-order valence-electron chi connectivity index (χ4n) is 3.65. The van der Waals surface area contributed by atoms with E-state index >= 15 is 0 Å². The number of amides is 1. The highest BCUT2D eigenvalue weighted by molar-refractivity contribution is 6.48. The fraction of sp³-hybridized carbons (Fsp3) is 0.250. The first kappa shape index (κ1) is 24.3. The third-order valence-electron chi connectivity index (χ3n) is 5.50. The standard InChI is InChI=1S/C24H23F3N6O2/c25-24(26,27)21-4-2-18(13-31-21)32-23(34)22(29)19-10-16(1-3-20(19)28)17-9-15(11-30-12-17)14-33-5-7-35-8-6-33/h1-4,9-13,29H,5-8,14,28H2,(H,32,34). The minimum Gasteiger partial charge on any atom is -0.398 e. The number of aromatic nitrogens is 2. The van der Waals surface area contributed by atoms with E-state index in [4.69, 9.17) is 15.9 Å². The van der Waals surface area contributed by atoms with Crippen LogP contribution in [0, 0.1) is 5.41 Å². The number of nitrogens with zero attached hydrogens (tertiary/aromatic N) is 3. The Kier molecular flexibility index (Phi) is 7.08. The van der Waals surface area contributed by atoms with Gasteiger partial charge in [0, 0.05) is 48.8 Å². The lowest BCUT2D eigenvalue weighted by Crippen LogP contribution is -2.35. The first-order chi connectivity index (χ1) is 16.7. The number of pyridine rings is 2. The maximum absolute atomic E-state index is 12.7. The summed E-state index contributed by atoms with van der Waals surface area (Å²) in [6.07, 6.45) is -0.210. The van der Waals surface area contributed by atoms with Gasteiger partial charge in [-0.1, -0.05) is 6.07 Å². The molecule has 35 heavy (non-hydrogen) atoms. The minimum absolute atomic E-state index is 0.0301. The van der Waals surface area contributed by atoms with Crippen molar-refractivity contribution in [3.05, 3.63) is 71.8 Å². The van der Waals surface area contributed by atoms with Crippen molar-refractivity contribution in [2.75, 3.05) is 37.4 Å². The Hall–Kier alpha value is -3.83. The summed E-state index contributed by atoms with van der Waals surface area (Å²) in [5.41, 5.74) is 7.51. The molecule has 1 aliphatic heterocycles. The predicted molar refractivity (Wildman–Crippen MR) is 125 cm³/mol. The average molecular weight is 484 g/mol. The SMILES string of the molecule is N=C(C(=O)Nc1ccc(C(F)(F)F)nc1)c1cc(-c2cncc(CN3CCOCC3)c2)ccc1N. The Morgan fingerprint density at radius 3 is 2.54 bits per heavy atom. The minimum atomic E-state index is -4.58. The molecule has 1 amide bonds. The molecule has 1 aliphatic rings. The van der Waals surface area contributed by atoms with Crippen molar-refractivity contribution in [1.82, 2.24) is 14.9 Å². The van der Waals surface area contributed by atoms with Gasteiger partial charge in [-0.3, -0.25) is 20.1 Å². The second-order valence-corrected chi connectivity index (χ2v) is 8.03. The molecule has 2 aromatic heterocycles. The van der Waals surface area contributed by atoms with Crippen molar-refractivity contribution in [2.24, 2.45) is 0 Å². The van der Waals surface area contributed by atoms with E-state index in [1.807, 2.05) is 6.07 Å². The summed E-state index contributed by atoms with van der Waals surface area (Å²) in [6.45, 7) is 3.81. The number of alkyl halides is 3. The summed E-state index contributed by atoms with van der Waals surface area (Å²) in [4.78, 5) is 22.5. The summed E-state index contributed by atoms with van der Waals surface area (Å²) in [7, 11) is 0. The number of morpholine rings is 1. The summed E-state index contributed by atoms with van der Waals surface area (Å²) >= 11 is 0. The van der Waals surface area contributed by atoms with Crippen LogP contribution in [0.1, 0.15) is 16.8 Å². The molecule has 1 saturated heterocycles. The lowest BCUT2D eigenvalue weighted by molar-refractivity contribution is -0.141. The highest BCUT2D eigenvalue weighted by Gasteiger charge is 2.32. The van der Waals surface area contributed by atoms with Crippen LogP contribution < -0.4 is 11.1 Å². The van der Waals surface area contributed by atoms with Crippen LogP contribution in [0.2, 0.25) is 0 Å². The van der Waals surface area contributed by atoms with Crippen LogP contribution in [-0.2, 0) is 22.3 Å². The van der Waals surface area contributed by atoms with E-state index in [0.29, 0.717) is 13.2 Å². The maximum Gasteiger partial charge on any atom is 0.433 e. The Morgan fingerprint density at radius 2 is 1.86 bits per heavy atom. The number of rotatable bonds is 6. The number of halogens is 3. The second-order valence-electron chi connectivity index (χ2n) is 8.03. The molecule has 182 valence electrons. The van der Waals surface area contributed by atoms with Crippen molar-refractivity contribution in [1.29, 1.82) is 5.41 Å².